The Morgan fingerprint density at radius 1 is 1.42 bits per heavy atom. The highest BCUT2D eigenvalue weighted by atomic mass is 14.6. The van der Waals surface area contributed by atoms with E-state index >= 15 is 0 Å². The molecule has 2 unspecified atom stereocenters. The summed E-state index contributed by atoms with van der Waals surface area (Å²) in [5.74, 6) is 3.55. The van der Waals surface area contributed by atoms with Crippen LogP contribution >= 0.6 is 0 Å². The summed E-state index contributed by atoms with van der Waals surface area (Å²) < 4.78 is 0. The Morgan fingerprint density at radius 3 is 2.92 bits per heavy atom. The molecule has 0 aromatic carbocycles. The van der Waals surface area contributed by atoms with Crippen molar-refractivity contribution < 1.29 is 0 Å². The quantitative estimate of drug-likeness (QED) is 0.504. The van der Waals surface area contributed by atoms with Gasteiger partial charge in [0.1, 0.15) is 0 Å². The topological polar surface area (TPSA) is 26.0 Å². The monoisotopic (exact) mass is 165 g/mol. The van der Waals surface area contributed by atoms with E-state index in [2.05, 4.69) is 5.92 Å². The Hall–Kier alpha value is -0.480. The van der Waals surface area contributed by atoms with Crippen molar-refractivity contribution in [3.63, 3.8) is 0 Å². The van der Waals surface area contributed by atoms with E-state index in [-0.39, 0.29) is 0 Å². The molecule has 0 saturated heterocycles. The van der Waals surface area contributed by atoms with Crippen LogP contribution in [0.15, 0.2) is 0 Å². The zero-order valence-electron chi connectivity index (χ0n) is 7.76. The number of unbranched alkanes of at least 4 members (excludes halogenated alkanes) is 1. The highest BCUT2D eigenvalue weighted by molar-refractivity contribution is 4.84. The third kappa shape index (κ3) is 3.28. The van der Waals surface area contributed by atoms with Crippen LogP contribution in [0.5, 0.6) is 0 Å². The average molecular weight is 165 g/mol. The van der Waals surface area contributed by atoms with Gasteiger partial charge in [-0.05, 0) is 31.6 Å². The Morgan fingerprint density at radius 2 is 2.25 bits per heavy atom. The van der Waals surface area contributed by atoms with E-state index in [9.17, 15) is 0 Å². The first-order valence-electron chi connectivity index (χ1n) is 5.02. The highest BCUT2D eigenvalue weighted by Gasteiger charge is 2.18. The van der Waals surface area contributed by atoms with Crippen molar-refractivity contribution in [3.8, 4) is 12.3 Å². The number of hydrogen-bond donors (Lipinski definition) is 1. The summed E-state index contributed by atoms with van der Waals surface area (Å²) in [6, 6.07) is 0.467. The summed E-state index contributed by atoms with van der Waals surface area (Å²) in [4.78, 5) is 0. The molecule has 0 aromatic heterocycles. The second-order valence-electron chi connectivity index (χ2n) is 3.89. The average Bonchev–Trinajstić information content (AvgIpc) is 2.05. The molecule has 0 heterocycles. The number of rotatable bonds is 3. The first-order valence-corrected chi connectivity index (χ1v) is 5.02. The van der Waals surface area contributed by atoms with E-state index in [1.807, 2.05) is 0 Å². The standard InChI is InChI=1S/C11H19N/c1-2-3-4-6-10-7-5-8-11(12)9-10/h1,10-11H,3-9,12H2. The van der Waals surface area contributed by atoms with Gasteiger partial charge in [0, 0.05) is 12.5 Å². The van der Waals surface area contributed by atoms with Crippen molar-refractivity contribution in [2.75, 3.05) is 0 Å². The minimum atomic E-state index is 0.467. The lowest BCUT2D eigenvalue weighted by molar-refractivity contribution is 0.302. The molecule has 0 aromatic rings. The van der Waals surface area contributed by atoms with E-state index in [0.29, 0.717) is 6.04 Å². The molecule has 1 saturated carbocycles. The van der Waals surface area contributed by atoms with Gasteiger partial charge in [-0.25, -0.2) is 0 Å². The lowest BCUT2D eigenvalue weighted by Crippen LogP contribution is -2.27. The van der Waals surface area contributed by atoms with Crippen molar-refractivity contribution in [3.05, 3.63) is 0 Å². The van der Waals surface area contributed by atoms with Crippen LogP contribution in [0.4, 0.5) is 0 Å². The molecule has 0 spiro atoms. The lowest BCUT2D eigenvalue weighted by atomic mass is 9.83. The maximum Gasteiger partial charge on any atom is 0.00861 e. The Kier molecular flexibility index (Phi) is 4.18. The molecular formula is C11H19N. The molecule has 0 bridgehead atoms. The third-order valence-corrected chi connectivity index (χ3v) is 2.76. The van der Waals surface area contributed by atoms with Gasteiger partial charge in [-0.3, -0.25) is 0 Å². The molecule has 0 aliphatic heterocycles. The van der Waals surface area contributed by atoms with Crippen LogP contribution in [0.2, 0.25) is 0 Å². The fourth-order valence-corrected chi connectivity index (χ4v) is 2.09. The van der Waals surface area contributed by atoms with Gasteiger partial charge in [0.05, 0.1) is 0 Å². The highest BCUT2D eigenvalue weighted by Crippen LogP contribution is 2.26. The molecule has 0 radical (unpaired) electrons. The normalized spacial score (nSPS) is 29.7. The maximum atomic E-state index is 5.89. The molecule has 2 atom stereocenters. The third-order valence-electron chi connectivity index (χ3n) is 2.76. The first kappa shape index (κ1) is 9.61. The van der Waals surface area contributed by atoms with Crippen LogP contribution in [-0.2, 0) is 0 Å². The SMILES string of the molecule is C#CCCCC1CCCC(N)C1. The minimum Gasteiger partial charge on any atom is -0.328 e. The van der Waals surface area contributed by atoms with Crippen LogP contribution in [0.3, 0.4) is 0 Å². The van der Waals surface area contributed by atoms with Gasteiger partial charge < -0.3 is 5.73 Å². The molecule has 1 rings (SSSR count). The molecular weight excluding hydrogens is 146 g/mol. The van der Waals surface area contributed by atoms with Crippen LogP contribution in [0, 0.1) is 18.3 Å². The van der Waals surface area contributed by atoms with Gasteiger partial charge in [-0.2, -0.15) is 0 Å². The van der Waals surface area contributed by atoms with Gasteiger partial charge in [-0.1, -0.05) is 12.8 Å². The van der Waals surface area contributed by atoms with Gasteiger partial charge in [0.2, 0.25) is 0 Å². The molecule has 0 amide bonds. The molecule has 1 aliphatic carbocycles. The lowest BCUT2D eigenvalue weighted by Gasteiger charge is -2.26. The summed E-state index contributed by atoms with van der Waals surface area (Å²) in [6.45, 7) is 0. The fraction of sp³-hybridized carbons (Fsp3) is 0.818. The van der Waals surface area contributed by atoms with E-state index in [1.165, 1.54) is 38.5 Å². The molecule has 2 N–H and O–H groups in total. The summed E-state index contributed by atoms with van der Waals surface area (Å²) >= 11 is 0. The van der Waals surface area contributed by atoms with Gasteiger partial charge in [0.25, 0.3) is 0 Å². The zero-order chi connectivity index (χ0) is 8.81. The van der Waals surface area contributed by atoms with Crippen molar-refractivity contribution in [1.82, 2.24) is 0 Å². The predicted octanol–water partition coefficient (Wildman–Crippen LogP) is 2.31. The van der Waals surface area contributed by atoms with Gasteiger partial charge in [0.15, 0.2) is 0 Å². The number of hydrogen-bond acceptors (Lipinski definition) is 1. The zero-order valence-corrected chi connectivity index (χ0v) is 7.76. The van der Waals surface area contributed by atoms with E-state index in [0.717, 1.165) is 12.3 Å². The summed E-state index contributed by atoms with van der Waals surface area (Å²) in [5, 5.41) is 0. The van der Waals surface area contributed by atoms with Crippen molar-refractivity contribution in [2.24, 2.45) is 11.7 Å². The van der Waals surface area contributed by atoms with Crippen molar-refractivity contribution in [2.45, 2.75) is 51.0 Å². The Labute approximate surface area is 75.7 Å². The minimum absolute atomic E-state index is 0.467. The van der Waals surface area contributed by atoms with E-state index in [1.54, 1.807) is 0 Å². The van der Waals surface area contributed by atoms with Gasteiger partial charge in [-0.15, -0.1) is 12.3 Å². The van der Waals surface area contributed by atoms with Crippen LogP contribution < -0.4 is 5.73 Å². The largest absolute Gasteiger partial charge is 0.328 e. The smallest absolute Gasteiger partial charge is 0.00861 e. The number of terminal acetylenes is 1. The maximum absolute atomic E-state index is 5.89. The molecule has 12 heavy (non-hydrogen) atoms. The van der Waals surface area contributed by atoms with Crippen molar-refractivity contribution >= 4 is 0 Å². The Balaban J connectivity index is 2.11. The van der Waals surface area contributed by atoms with Crippen molar-refractivity contribution in [1.29, 1.82) is 0 Å². The summed E-state index contributed by atoms with van der Waals surface area (Å²) in [6.07, 6.45) is 13.8. The molecule has 1 heteroatoms. The van der Waals surface area contributed by atoms with Crippen LogP contribution in [0.25, 0.3) is 0 Å². The summed E-state index contributed by atoms with van der Waals surface area (Å²) in [7, 11) is 0. The number of nitrogens with two attached hydrogens (primary N) is 1. The van der Waals surface area contributed by atoms with Crippen LogP contribution in [-0.4, -0.2) is 6.04 Å². The molecule has 68 valence electrons. The molecule has 1 nitrogen and oxygen atoms in total. The second kappa shape index (κ2) is 5.22. The molecule has 1 aliphatic rings. The first-order chi connectivity index (χ1) is 5.83. The predicted molar refractivity (Wildman–Crippen MR) is 52.6 cm³/mol. The van der Waals surface area contributed by atoms with Crippen LogP contribution in [0.1, 0.15) is 44.9 Å². The van der Waals surface area contributed by atoms with E-state index < -0.39 is 0 Å². The summed E-state index contributed by atoms with van der Waals surface area (Å²) in [5.41, 5.74) is 5.89. The second-order valence-corrected chi connectivity index (χ2v) is 3.89. The Bertz CT molecular complexity index is 157. The van der Waals surface area contributed by atoms with Gasteiger partial charge >= 0.3 is 0 Å². The van der Waals surface area contributed by atoms with E-state index in [4.69, 9.17) is 12.2 Å². The fourth-order valence-electron chi connectivity index (χ4n) is 2.09. The molecule has 1 fully saturated rings.